The van der Waals surface area contributed by atoms with Crippen LogP contribution in [0.1, 0.15) is 18.9 Å². The number of halogens is 3. The first-order valence-electron chi connectivity index (χ1n) is 6.69. The van der Waals surface area contributed by atoms with Crippen LogP contribution in [-0.2, 0) is 6.54 Å². The number of rotatable bonds is 6. The molecule has 0 bridgehead atoms. The SMILES string of the molecule is CCCOc1ccc(CNc2cc(Cl)cc(Cl)c2)cc1Br. The second-order valence-electron chi connectivity index (χ2n) is 4.62. The lowest BCUT2D eigenvalue weighted by Gasteiger charge is -2.11. The third-order valence-corrected chi connectivity index (χ3v) is 3.87. The molecule has 0 aliphatic rings. The molecule has 0 aliphatic heterocycles. The third kappa shape index (κ3) is 5.10. The normalized spacial score (nSPS) is 10.5. The van der Waals surface area contributed by atoms with Crippen LogP contribution in [0.5, 0.6) is 5.75 Å². The fourth-order valence-electron chi connectivity index (χ4n) is 1.84. The van der Waals surface area contributed by atoms with Crippen LogP contribution in [0.4, 0.5) is 5.69 Å². The molecule has 0 unspecified atom stereocenters. The lowest BCUT2D eigenvalue weighted by Crippen LogP contribution is -2.01. The number of anilines is 1. The minimum absolute atomic E-state index is 0.620. The number of nitrogens with one attached hydrogen (secondary N) is 1. The molecule has 0 atom stereocenters. The summed E-state index contributed by atoms with van der Waals surface area (Å²) in [6, 6.07) is 11.5. The van der Waals surface area contributed by atoms with Gasteiger partial charge in [0.05, 0.1) is 11.1 Å². The van der Waals surface area contributed by atoms with Gasteiger partial charge in [0.25, 0.3) is 0 Å². The van der Waals surface area contributed by atoms with Crippen LogP contribution in [0, 0.1) is 0 Å². The van der Waals surface area contributed by atoms with Gasteiger partial charge in [-0.25, -0.2) is 0 Å². The van der Waals surface area contributed by atoms with E-state index in [0.717, 1.165) is 34.5 Å². The van der Waals surface area contributed by atoms with E-state index in [1.165, 1.54) is 0 Å². The van der Waals surface area contributed by atoms with Crippen molar-refractivity contribution in [2.75, 3.05) is 11.9 Å². The van der Waals surface area contributed by atoms with Gasteiger partial charge in [-0.3, -0.25) is 0 Å². The van der Waals surface area contributed by atoms with Crippen LogP contribution in [-0.4, -0.2) is 6.61 Å². The van der Waals surface area contributed by atoms with Gasteiger partial charge in [-0.2, -0.15) is 0 Å². The van der Waals surface area contributed by atoms with Crippen LogP contribution in [0.25, 0.3) is 0 Å². The van der Waals surface area contributed by atoms with Crippen molar-refractivity contribution in [1.29, 1.82) is 0 Å². The second kappa shape index (κ2) is 7.92. The van der Waals surface area contributed by atoms with Crippen molar-refractivity contribution in [2.24, 2.45) is 0 Å². The maximum Gasteiger partial charge on any atom is 0.133 e. The monoisotopic (exact) mass is 387 g/mol. The van der Waals surface area contributed by atoms with Gasteiger partial charge < -0.3 is 10.1 Å². The van der Waals surface area contributed by atoms with Crippen LogP contribution < -0.4 is 10.1 Å². The summed E-state index contributed by atoms with van der Waals surface area (Å²) in [6.07, 6.45) is 0.991. The summed E-state index contributed by atoms with van der Waals surface area (Å²) in [7, 11) is 0. The third-order valence-electron chi connectivity index (χ3n) is 2.82. The molecule has 2 aromatic rings. The van der Waals surface area contributed by atoms with Crippen LogP contribution in [0.3, 0.4) is 0 Å². The topological polar surface area (TPSA) is 21.3 Å². The molecule has 0 saturated carbocycles. The fraction of sp³-hybridized carbons (Fsp3) is 0.250. The summed E-state index contributed by atoms with van der Waals surface area (Å²) in [5.74, 6) is 0.867. The molecule has 112 valence electrons. The standard InChI is InChI=1S/C16H16BrCl2NO/c1-2-5-21-16-4-3-11(6-15(16)17)10-20-14-8-12(18)7-13(19)9-14/h3-4,6-9,20H,2,5,10H2,1H3. The van der Waals surface area contributed by atoms with E-state index in [0.29, 0.717) is 16.6 Å². The van der Waals surface area contributed by atoms with Gasteiger partial charge in [-0.05, 0) is 58.2 Å². The van der Waals surface area contributed by atoms with Gasteiger partial charge >= 0.3 is 0 Å². The molecule has 0 aromatic heterocycles. The Balaban J connectivity index is 2.01. The summed E-state index contributed by atoms with van der Waals surface area (Å²) in [5.41, 5.74) is 2.04. The second-order valence-corrected chi connectivity index (χ2v) is 6.35. The first-order valence-corrected chi connectivity index (χ1v) is 8.24. The van der Waals surface area contributed by atoms with Crippen molar-refractivity contribution >= 4 is 44.8 Å². The van der Waals surface area contributed by atoms with E-state index in [1.54, 1.807) is 6.07 Å². The van der Waals surface area contributed by atoms with Crippen molar-refractivity contribution in [3.8, 4) is 5.75 Å². The van der Waals surface area contributed by atoms with Crippen LogP contribution in [0.15, 0.2) is 40.9 Å². The average Bonchev–Trinajstić information content (AvgIpc) is 2.43. The zero-order chi connectivity index (χ0) is 15.2. The molecule has 0 spiro atoms. The Bertz CT molecular complexity index is 599. The van der Waals surface area contributed by atoms with Gasteiger partial charge in [0, 0.05) is 22.3 Å². The highest BCUT2D eigenvalue weighted by Crippen LogP contribution is 2.27. The molecule has 0 aliphatic carbocycles. The number of ether oxygens (including phenoxy) is 1. The van der Waals surface area contributed by atoms with Crippen molar-refractivity contribution in [3.05, 3.63) is 56.5 Å². The molecule has 2 rings (SSSR count). The highest BCUT2D eigenvalue weighted by atomic mass is 79.9. The lowest BCUT2D eigenvalue weighted by molar-refractivity contribution is 0.315. The predicted octanol–water partition coefficient (Wildman–Crippen LogP) is 6.16. The Morgan fingerprint density at radius 2 is 1.81 bits per heavy atom. The number of hydrogen-bond acceptors (Lipinski definition) is 2. The lowest BCUT2D eigenvalue weighted by atomic mass is 10.2. The fourth-order valence-corrected chi connectivity index (χ4v) is 2.91. The Morgan fingerprint density at radius 1 is 1.10 bits per heavy atom. The van der Waals surface area contributed by atoms with E-state index in [-0.39, 0.29) is 0 Å². The largest absolute Gasteiger partial charge is 0.492 e. The Morgan fingerprint density at radius 3 is 2.43 bits per heavy atom. The first kappa shape index (κ1) is 16.5. The number of benzene rings is 2. The van der Waals surface area contributed by atoms with E-state index in [1.807, 2.05) is 30.3 Å². The van der Waals surface area contributed by atoms with Gasteiger partial charge in [0.15, 0.2) is 0 Å². The quantitative estimate of drug-likeness (QED) is 0.639. The Labute approximate surface area is 143 Å². The zero-order valence-corrected chi connectivity index (χ0v) is 14.7. The van der Waals surface area contributed by atoms with Gasteiger partial charge in [0.1, 0.15) is 5.75 Å². The Hall–Kier alpha value is -0.900. The van der Waals surface area contributed by atoms with Crippen LogP contribution >= 0.6 is 39.1 Å². The summed E-state index contributed by atoms with van der Waals surface area (Å²) >= 11 is 15.5. The van der Waals surface area contributed by atoms with E-state index < -0.39 is 0 Å². The maximum atomic E-state index is 5.98. The average molecular weight is 389 g/mol. The molecule has 21 heavy (non-hydrogen) atoms. The first-order chi connectivity index (χ1) is 10.1. The van der Waals surface area contributed by atoms with E-state index in [4.69, 9.17) is 27.9 Å². The highest BCUT2D eigenvalue weighted by molar-refractivity contribution is 9.10. The molecule has 2 nitrogen and oxygen atoms in total. The minimum atomic E-state index is 0.620. The van der Waals surface area contributed by atoms with E-state index in [2.05, 4.69) is 28.2 Å². The molecule has 0 radical (unpaired) electrons. The zero-order valence-electron chi connectivity index (χ0n) is 11.6. The summed E-state index contributed by atoms with van der Waals surface area (Å²) < 4.78 is 6.59. The van der Waals surface area contributed by atoms with Gasteiger partial charge in [0.2, 0.25) is 0 Å². The van der Waals surface area contributed by atoms with Crippen molar-refractivity contribution < 1.29 is 4.74 Å². The predicted molar refractivity (Wildman–Crippen MR) is 93.7 cm³/mol. The van der Waals surface area contributed by atoms with Gasteiger partial charge in [-0.15, -0.1) is 0 Å². The summed E-state index contributed by atoms with van der Waals surface area (Å²) in [4.78, 5) is 0. The maximum absolute atomic E-state index is 5.98. The van der Waals surface area contributed by atoms with Crippen molar-refractivity contribution in [3.63, 3.8) is 0 Å². The summed E-state index contributed by atoms with van der Waals surface area (Å²) in [5, 5.41) is 4.54. The molecular weight excluding hydrogens is 373 g/mol. The van der Waals surface area contributed by atoms with Crippen LogP contribution in [0.2, 0.25) is 10.0 Å². The smallest absolute Gasteiger partial charge is 0.133 e. The number of hydrogen-bond donors (Lipinski definition) is 1. The molecular formula is C16H16BrCl2NO. The highest BCUT2D eigenvalue weighted by Gasteiger charge is 2.03. The van der Waals surface area contributed by atoms with E-state index in [9.17, 15) is 0 Å². The molecule has 0 fully saturated rings. The molecule has 1 N–H and O–H groups in total. The molecule has 5 heteroatoms. The molecule has 0 amide bonds. The van der Waals surface area contributed by atoms with Crippen molar-refractivity contribution in [2.45, 2.75) is 19.9 Å². The summed E-state index contributed by atoms with van der Waals surface area (Å²) in [6.45, 7) is 3.49. The minimum Gasteiger partial charge on any atom is -0.492 e. The molecule has 0 saturated heterocycles. The Kier molecular flexibility index (Phi) is 6.22. The molecule has 2 aromatic carbocycles. The van der Waals surface area contributed by atoms with Gasteiger partial charge in [-0.1, -0.05) is 36.2 Å². The molecule has 0 heterocycles. The van der Waals surface area contributed by atoms with E-state index >= 15 is 0 Å². The van der Waals surface area contributed by atoms with Crippen molar-refractivity contribution in [1.82, 2.24) is 0 Å².